The SMILES string of the molecule is COc1ccccc1OCCCNCCCC(Oc1c[c]cc(OC)c1OC)C(C)C. The second-order valence-electron chi connectivity index (χ2n) is 7.57. The Balaban J connectivity index is 1.69. The lowest BCUT2D eigenvalue weighted by atomic mass is 10.0. The van der Waals surface area contributed by atoms with Gasteiger partial charge >= 0.3 is 0 Å². The highest BCUT2D eigenvalue weighted by atomic mass is 16.5. The fourth-order valence-corrected chi connectivity index (χ4v) is 3.25. The first-order valence-corrected chi connectivity index (χ1v) is 10.9. The molecule has 1 unspecified atom stereocenters. The Hall–Kier alpha value is -2.60. The molecule has 2 aromatic carbocycles. The van der Waals surface area contributed by atoms with Gasteiger partial charge < -0.3 is 29.0 Å². The predicted octanol–water partition coefficient (Wildman–Crippen LogP) is 4.75. The molecule has 1 N–H and O–H groups in total. The van der Waals surface area contributed by atoms with E-state index in [2.05, 4.69) is 25.2 Å². The average Bonchev–Trinajstić information content (AvgIpc) is 2.79. The Kier molecular flexibility index (Phi) is 10.9. The minimum atomic E-state index is 0.0880. The lowest BCUT2D eigenvalue weighted by Crippen LogP contribution is -2.26. The molecule has 2 aromatic rings. The second-order valence-corrected chi connectivity index (χ2v) is 7.57. The van der Waals surface area contributed by atoms with E-state index in [0.29, 0.717) is 29.8 Å². The number of rotatable bonds is 15. The Morgan fingerprint density at radius 3 is 2.19 bits per heavy atom. The zero-order valence-electron chi connectivity index (χ0n) is 19.4. The summed E-state index contributed by atoms with van der Waals surface area (Å²) in [5.41, 5.74) is 0. The summed E-state index contributed by atoms with van der Waals surface area (Å²) in [5, 5.41) is 3.48. The van der Waals surface area contributed by atoms with Gasteiger partial charge in [-0.15, -0.1) is 0 Å². The van der Waals surface area contributed by atoms with Crippen molar-refractivity contribution >= 4 is 0 Å². The molecule has 0 saturated carbocycles. The van der Waals surface area contributed by atoms with Crippen LogP contribution >= 0.6 is 0 Å². The van der Waals surface area contributed by atoms with Crippen molar-refractivity contribution in [3.05, 3.63) is 42.5 Å². The lowest BCUT2D eigenvalue weighted by molar-refractivity contribution is 0.133. The molecule has 0 amide bonds. The van der Waals surface area contributed by atoms with Gasteiger partial charge in [-0.25, -0.2) is 0 Å². The Labute approximate surface area is 186 Å². The van der Waals surface area contributed by atoms with Crippen molar-refractivity contribution < 1.29 is 23.7 Å². The van der Waals surface area contributed by atoms with Crippen LogP contribution in [0.4, 0.5) is 0 Å². The molecule has 2 rings (SSSR count). The topological polar surface area (TPSA) is 58.2 Å². The van der Waals surface area contributed by atoms with Gasteiger partial charge in [0.2, 0.25) is 5.75 Å². The van der Waals surface area contributed by atoms with Crippen LogP contribution in [0.25, 0.3) is 0 Å². The van der Waals surface area contributed by atoms with E-state index in [9.17, 15) is 0 Å². The first-order chi connectivity index (χ1) is 15.1. The van der Waals surface area contributed by atoms with Gasteiger partial charge in [-0.1, -0.05) is 26.0 Å². The van der Waals surface area contributed by atoms with Gasteiger partial charge in [-0.05, 0) is 68.6 Å². The Morgan fingerprint density at radius 1 is 0.839 bits per heavy atom. The molecule has 0 aliphatic rings. The molecule has 1 radical (unpaired) electrons. The van der Waals surface area contributed by atoms with Gasteiger partial charge in [-0.3, -0.25) is 0 Å². The van der Waals surface area contributed by atoms with E-state index < -0.39 is 0 Å². The van der Waals surface area contributed by atoms with Crippen LogP contribution in [0, 0.1) is 12.0 Å². The van der Waals surface area contributed by atoms with E-state index >= 15 is 0 Å². The summed E-state index contributed by atoms with van der Waals surface area (Å²) in [6.45, 7) is 6.83. The summed E-state index contributed by atoms with van der Waals surface area (Å²) in [6, 6.07) is 14.3. The van der Waals surface area contributed by atoms with E-state index in [1.807, 2.05) is 24.3 Å². The summed E-state index contributed by atoms with van der Waals surface area (Å²) in [4.78, 5) is 0. The maximum absolute atomic E-state index is 6.26. The monoisotopic (exact) mass is 430 g/mol. The van der Waals surface area contributed by atoms with Gasteiger partial charge in [0.1, 0.15) is 6.10 Å². The molecule has 31 heavy (non-hydrogen) atoms. The van der Waals surface area contributed by atoms with E-state index in [1.165, 1.54) is 0 Å². The second kappa shape index (κ2) is 13.7. The molecule has 0 heterocycles. The van der Waals surface area contributed by atoms with E-state index in [-0.39, 0.29) is 6.10 Å². The molecule has 0 aromatic heterocycles. The van der Waals surface area contributed by atoms with E-state index in [0.717, 1.165) is 43.9 Å². The molecule has 6 heteroatoms. The maximum Gasteiger partial charge on any atom is 0.203 e. The first-order valence-electron chi connectivity index (χ1n) is 10.9. The summed E-state index contributed by atoms with van der Waals surface area (Å²) in [6.07, 6.45) is 2.98. The highest BCUT2D eigenvalue weighted by molar-refractivity contribution is 5.50. The lowest BCUT2D eigenvalue weighted by Gasteiger charge is -2.24. The predicted molar refractivity (Wildman–Crippen MR) is 123 cm³/mol. The summed E-state index contributed by atoms with van der Waals surface area (Å²) in [5.74, 6) is 3.83. The average molecular weight is 431 g/mol. The maximum atomic E-state index is 6.26. The van der Waals surface area contributed by atoms with Crippen molar-refractivity contribution in [3.63, 3.8) is 0 Å². The van der Waals surface area contributed by atoms with Crippen molar-refractivity contribution in [1.29, 1.82) is 0 Å². The van der Waals surface area contributed by atoms with Crippen LogP contribution in [0.3, 0.4) is 0 Å². The number of para-hydroxylation sites is 2. The van der Waals surface area contributed by atoms with Gasteiger partial charge in [0.15, 0.2) is 23.0 Å². The smallest absolute Gasteiger partial charge is 0.203 e. The van der Waals surface area contributed by atoms with E-state index in [1.54, 1.807) is 33.5 Å². The zero-order chi connectivity index (χ0) is 22.5. The van der Waals surface area contributed by atoms with Crippen molar-refractivity contribution in [3.8, 4) is 28.7 Å². The molecule has 0 aliphatic carbocycles. The third-order valence-electron chi connectivity index (χ3n) is 4.99. The largest absolute Gasteiger partial charge is 0.493 e. The fourth-order valence-electron chi connectivity index (χ4n) is 3.25. The van der Waals surface area contributed by atoms with Crippen LogP contribution in [0.15, 0.2) is 36.4 Å². The standard InChI is InChI=1S/C25H36NO5/c1-19(2)20(31-24-14-8-13-23(28-4)25(24)29-5)15-9-16-26-17-10-18-30-22-12-7-6-11-21(22)27-3/h6-7,11-14,19-20,26H,9-10,15-18H2,1-5H3. The van der Waals surface area contributed by atoms with Gasteiger partial charge in [0.25, 0.3) is 0 Å². The highest BCUT2D eigenvalue weighted by Gasteiger charge is 2.19. The Morgan fingerprint density at radius 2 is 1.52 bits per heavy atom. The summed E-state index contributed by atoms with van der Waals surface area (Å²) < 4.78 is 28.2. The quantitative estimate of drug-likeness (QED) is 0.411. The van der Waals surface area contributed by atoms with Crippen molar-refractivity contribution in [2.75, 3.05) is 41.0 Å². The third-order valence-corrected chi connectivity index (χ3v) is 4.99. The number of hydrogen-bond donors (Lipinski definition) is 1. The molecule has 6 nitrogen and oxygen atoms in total. The van der Waals surface area contributed by atoms with Gasteiger partial charge in [0, 0.05) is 0 Å². The molecule has 0 fully saturated rings. The first kappa shape index (κ1) is 24.7. The van der Waals surface area contributed by atoms with Gasteiger partial charge in [-0.2, -0.15) is 0 Å². The van der Waals surface area contributed by atoms with Crippen LogP contribution in [-0.2, 0) is 0 Å². The third kappa shape index (κ3) is 7.87. The zero-order valence-corrected chi connectivity index (χ0v) is 19.4. The number of benzene rings is 2. The van der Waals surface area contributed by atoms with Crippen LogP contribution < -0.4 is 29.0 Å². The van der Waals surface area contributed by atoms with Crippen LogP contribution in [0.5, 0.6) is 28.7 Å². The molecule has 1 atom stereocenters. The molecule has 0 spiro atoms. The van der Waals surface area contributed by atoms with Crippen molar-refractivity contribution in [2.45, 2.75) is 39.2 Å². The highest BCUT2D eigenvalue weighted by Crippen LogP contribution is 2.37. The number of hydrogen-bond acceptors (Lipinski definition) is 6. The van der Waals surface area contributed by atoms with Gasteiger partial charge in [0.05, 0.1) is 27.9 Å². The number of ether oxygens (including phenoxy) is 5. The van der Waals surface area contributed by atoms with E-state index in [4.69, 9.17) is 23.7 Å². The Bertz CT molecular complexity index is 765. The fraction of sp³-hybridized carbons (Fsp3) is 0.520. The summed E-state index contributed by atoms with van der Waals surface area (Å²) >= 11 is 0. The minimum Gasteiger partial charge on any atom is -0.493 e. The normalized spacial score (nSPS) is 11.8. The van der Waals surface area contributed by atoms with Crippen LogP contribution in [-0.4, -0.2) is 47.1 Å². The van der Waals surface area contributed by atoms with Crippen LogP contribution in [0.2, 0.25) is 0 Å². The molecule has 0 bridgehead atoms. The molecular formula is C25H36NO5. The van der Waals surface area contributed by atoms with Crippen molar-refractivity contribution in [1.82, 2.24) is 5.32 Å². The van der Waals surface area contributed by atoms with Crippen LogP contribution in [0.1, 0.15) is 33.1 Å². The minimum absolute atomic E-state index is 0.0880. The van der Waals surface area contributed by atoms with Crippen molar-refractivity contribution in [2.24, 2.45) is 5.92 Å². The summed E-state index contributed by atoms with van der Waals surface area (Å²) in [7, 11) is 4.89. The molecule has 0 aliphatic heterocycles. The number of methoxy groups -OCH3 is 3. The molecule has 171 valence electrons. The molecular weight excluding hydrogens is 394 g/mol. The molecule has 0 saturated heterocycles. The number of nitrogens with one attached hydrogen (secondary N) is 1.